The van der Waals surface area contributed by atoms with Crippen LogP contribution in [0.5, 0.6) is 0 Å². The number of aromatic nitrogens is 1. The van der Waals surface area contributed by atoms with Crippen LogP contribution >= 0.6 is 24.0 Å². The zero-order chi connectivity index (χ0) is 12.1. The fourth-order valence-corrected chi connectivity index (χ4v) is 2.05. The molecule has 2 nitrogen and oxygen atoms in total. The number of anilines is 1. The van der Waals surface area contributed by atoms with E-state index in [4.69, 9.17) is 5.73 Å². The van der Waals surface area contributed by atoms with Gasteiger partial charge in [-0.05, 0) is 12.1 Å². The van der Waals surface area contributed by atoms with Crippen LogP contribution in [0.4, 0.5) is 5.13 Å². The normalized spacial score (nSPS) is 9.71. The highest BCUT2D eigenvalue weighted by Crippen LogP contribution is 2.22. The van der Waals surface area contributed by atoms with Crippen molar-refractivity contribution in [2.75, 3.05) is 11.5 Å². The summed E-state index contributed by atoms with van der Waals surface area (Å²) in [6, 6.07) is 8.02. The van der Waals surface area contributed by atoms with Crippen LogP contribution in [0.3, 0.4) is 0 Å². The van der Waals surface area contributed by atoms with Gasteiger partial charge in [0.2, 0.25) is 0 Å². The minimum atomic E-state index is 0.595. The van der Waals surface area contributed by atoms with Gasteiger partial charge in [-0.1, -0.05) is 24.0 Å². The lowest BCUT2D eigenvalue weighted by molar-refractivity contribution is 1.31. The van der Waals surface area contributed by atoms with Gasteiger partial charge in [-0.2, -0.15) is 12.6 Å². The molecule has 0 saturated carbocycles. The van der Waals surface area contributed by atoms with Gasteiger partial charge in [-0.25, -0.2) is 4.98 Å². The molecule has 0 unspecified atom stereocenters. The fourth-order valence-electron chi connectivity index (χ4n) is 1.36. The number of nitrogens with zero attached hydrogens (tertiary/aromatic N) is 1. The van der Waals surface area contributed by atoms with Crippen molar-refractivity contribution in [2.24, 2.45) is 0 Å². The predicted octanol–water partition coefficient (Wildman–Crippen LogP) is 3.06. The molecule has 1 aromatic carbocycles. The molecule has 1 aromatic heterocycles. The molecule has 86 valence electrons. The number of hydrogen-bond donors (Lipinski definition) is 2. The Bertz CT molecular complexity index is 547. The Morgan fingerprint density at radius 3 is 2.65 bits per heavy atom. The Hall–Kier alpha value is -1.44. The number of nitrogens with two attached hydrogens (primary N) is 1. The van der Waals surface area contributed by atoms with E-state index in [1.807, 2.05) is 29.6 Å². The van der Waals surface area contributed by atoms with E-state index in [1.165, 1.54) is 11.3 Å². The van der Waals surface area contributed by atoms with Crippen LogP contribution in [0, 0.1) is 11.8 Å². The van der Waals surface area contributed by atoms with Gasteiger partial charge in [-0.15, -0.1) is 11.3 Å². The summed E-state index contributed by atoms with van der Waals surface area (Å²) < 4.78 is 0. The number of benzene rings is 1. The summed E-state index contributed by atoms with van der Waals surface area (Å²) in [5.41, 5.74) is 8.60. The molecule has 0 saturated heterocycles. The maximum absolute atomic E-state index is 5.60. The molecule has 0 radical (unpaired) electrons. The lowest BCUT2D eigenvalue weighted by Crippen LogP contribution is -1.83. The highest BCUT2D eigenvalue weighted by atomic mass is 32.1. The molecule has 2 rings (SSSR count). The fraction of sp³-hybridized carbons (Fsp3) is 0.154. The second-order valence-corrected chi connectivity index (χ2v) is 4.76. The maximum atomic E-state index is 5.60. The molecule has 0 aliphatic heterocycles. The molecule has 0 spiro atoms. The smallest absolute Gasteiger partial charge is 0.180 e. The maximum Gasteiger partial charge on any atom is 0.180 e. The van der Waals surface area contributed by atoms with Crippen molar-refractivity contribution >= 4 is 29.1 Å². The first-order valence-electron chi connectivity index (χ1n) is 5.21. The summed E-state index contributed by atoms with van der Waals surface area (Å²) in [7, 11) is 0. The van der Waals surface area contributed by atoms with Gasteiger partial charge in [0.15, 0.2) is 5.13 Å². The van der Waals surface area contributed by atoms with Gasteiger partial charge in [0.05, 0.1) is 5.69 Å². The Balaban J connectivity index is 2.16. The van der Waals surface area contributed by atoms with Gasteiger partial charge >= 0.3 is 0 Å². The molecule has 4 heteroatoms. The lowest BCUT2D eigenvalue weighted by atomic mass is 10.1. The van der Waals surface area contributed by atoms with Gasteiger partial charge in [0.1, 0.15) is 0 Å². The van der Waals surface area contributed by atoms with Crippen LogP contribution < -0.4 is 5.73 Å². The van der Waals surface area contributed by atoms with Gasteiger partial charge in [-0.3, -0.25) is 0 Å². The van der Waals surface area contributed by atoms with Crippen LogP contribution in [0.25, 0.3) is 11.3 Å². The first-order valence-corrected chi connectivity index (χ1v) is 6.72. The third-order valence-electron chi connectivity index (χ3n) is 2.17. The van der Waals surface area contributed by atoms with Crippen LogP contribution in [0.1, 0.15) is 12.0 Å². The second kappa shape index (κ2) is 5.76. The van der Waals surface area contributed by atoms with Gasteiger partial charge in [0.25, 0.3) is 0 Å². The van der Waals surface area contributed by atoms with Crippen molar-refractivity contribution in [1.29, 1.82) is 0 Å². The van der Waals surface area contributed by atoms with Crippen LogP contribution in [-0.2, 0) is 0 Å². The molecule has 0 bridgehead atoms. The first-order chi connectivity index (χ1) is 8.29. The summed E-state index contributed by atoms with van der Waals surface area (Å²) in [6.45, 7) is 0. The Morgan fingerprint density at radius 1 is 1.29 bits per heavy atom. The molecule has 2 N–H and O–H groups in total. The summed E-state index contributed by atoms with van der Waals surface area (Å²) in [5, 5.41) is 2.55. The summed E-state index contributed by atoms with van der Waals surface area (Å²) in [6.07, 6.45) is 0.813. The molecular formula is C13H12N2S2. The topological polar surface area (TPSA) is 38.9 Å². The van der Waals surface area contributed by atoms with Crippen molar-refractivity contribution in [1.82, 2.24) is 4.98 Å². The third-order valence-corrected chi connectivity index (χ3v) is 3.07. The van der Waals surface area contributed by atoms with E-state index in [0.29, 0.717) is 5.13 Å². The number of thiazole rings is 1. The van der Waals surface area contributed by atoms with Gasteiger partial charge in [0, 0.05) is 28.7 Å². The average Bonchev–Trinajstić information content (AvgIpc) is 2.77. The molecule has 17 heavy (non-hydrogen) atoms. The van der Waals surface area contributed by atoms with E-state index in [-0.39, 0.29) is 0 Å². The summed E-state index contributed by atoms with van der Waals surface area (Å²) >= 11 is 5.56. The average molecular weight is 260 g/mol. The minimum absolute atomic E-state index is 0.595. The van der Waals surface area contributed by atoms with Crippen molar-refractivity contribution in [3.05, 3.63) is 35.2 Å². The molecule has 0 aliphatic rings. The van der Waals surface area contributed by atoms with E-state index in [1.54, 1.807) is 0 Å². The lowest BCUT2D eigenvalue weighted by Gasteiger charge is -1.96. The van der Waals surface area contributed by atoms with Gasteiger partial charge < -0.3 is 5.73 Å². The Morgan fingerprint density at radius 2 is 2.06 bits per heavy atom. The predicted molar refractivity (Wildman–Crippen MR) is 77.3 cm³/mol. The Labute approximate surface area is 110 Å². The monoisotopic (exact) mass is 260 g/mol. The molecule has 0 atom stereocenters. The first kappa shape index (κ1) is 12.0. The van der Waals surface area contributed by atoms with E-state index >= 15 is 0 Å². The summed E-state index contributed by atoms with van der Waals surface area (Å²) in [5.74, 6) is 6.94. The van der Waals surface area contributed by atoms with Crippen molar-refractivity contribution in [3.63, 3.8) is 0 Å². The highest BCUT2D eigenvalue weighted by Gasteiger charge is 2.01. The van der Waals surface area contributed by atoms with E-state index in [9.17, 15) is 0 Å². The van der Waals surface area contributed by atoms with Crippen molar-refractivity contribution in [3.8, 4) is 23.1 Å². The second-order valence-electron chi connectivity index (χ2n) is 3.42. The summed E-state index contributed by atoms with van der Waals surface area (Å²) in [4.78, 5) is 4.24. The minimum Gasteiger partial charge on any atom is -0.375 e. The molecule has 0 aliphatic carbocycles. The molecule has 0 amide bonds. The number of hydrogen-bond acceptors (Lipinski definition) is 4. The van der Waals surface area contributed by atoms with E-state index < -0.39 is 0 Å². The van der Waals surface area contributed by atoms with Crippen LogP contribution in [-0.4, -0.2) is 10.7 Å². The number of rotatable bonds is 2. The van der Waals surface area contributed by atoms with Crippen LogP contribution in [0.2, 0.25) is 0 Å². The Kier molecular flexibility index (Phi) is 4.08. The van der Waals surface area contributed by atoms with Crippen molar-refractivity contribution in [2.45, 2.75) is 6.42 Å². The zero-order valence-electron chi connectivity index (χ0n) is 9.18. The standard InChI is InChI=1S/C13H12N2S2/c14-13-15-12(9-17-13)11-6-4-10(5-7-11)3-1-2-8-16/h4-7,9,16H,2,8H2,(H2,14,15). The highest BCUT2D eigenvalue weighted by molar-refractivity contribution is 7.80. The SMILES string of the molecule is Nc1nc(-c2ccc(C#CCCS)cc2)cs1. The molecule has 2 aromatic rings. The molecule has 0 fully saturated rings. The van der Waals surface area contributed by atoms with Crippen LogP contribution in [0.15, 0.2) is 29.6 Å². The third kappa shape index (κ3) is 3.26. The van der Waals surface area contributed by atoms with E-state index in [0.717, 1.165) is 29.0 Å². The largest absolute Gasteiger partial charge is 0.375 e. The molecular weight excluding hydrogens is 248 g/mol. The number of thiol groups is 1. The van der Waals surface area contributed by atoms with E-state index in [2.05, 4.69) is 29.5 Å². The zero-order valence-corrected chi connectivity index (χ0v) is 10.9. The van der Waals surface area contributed by atoms with Crippen molar-refractivity contribution < 1.29 is 0 Å². The molecule has 1 heterocycles. The number of nitrogen functional groups attached to an aromatic ring is 1. The quantitative estimate of drug-likeness (QED) is 0.643.